The van der Waals surface area contributed by atoms with Crippen LogP contribution in [0.5, 0.6) is 17.2 Å². The first-order valence-electron chi connectivity index (χ1n) is 10.4. The number of hydrogen-bond donors (Lipinski definition) is 2. The first-order valence-corrected chi connectivity index (χ1v) is 10.4. The van der Waals surface area contributed by atoms with Crippen molar-refractivity contribution in [1.82, 2.24) is 0 Å². The first-order chi connectivity index (χ1) is 16.3. The lowest BCUT2D eigenvalue weighted by Gasteiger charge is -2.37. The molecule has 3 rings (SSSR count). The SMILES string of the molecule is COc1cc(OC)c2cc(C(=O)c3ccc(OC(C(=O)O)(C(=O)O)C(C)(C)C)cc3)c(=O)oc2c1. The predicted octanol–water partition coefficient (Wildman–Crippen LogP) is 3.37. The summed E-state index contributed by atoms with van der Waals surface area (Å²) < 4.78 is 21.2. The molecule has 0 radical (unpaired) electrons. The summed E-state index contributed by atoms with van der Waals surface area (Å²) in [4.78, 5) is 49.4. The van der Waals surface area contributed by atoms with Crippen molar-refractivity contribution >= 4 is 28.7 Å². The third-order valence-electron chi connectivity index (χ3n) is 5.54. The Morgan fingerprint density at radius 3 is 1.94 bits per heavy atom. The number of hydrogen-bond acceptors (Lipinski definition) is 8. The topological polar surface area (TPSA) is 150 Å². The van der Waals surface area contributed by atoms with Gasteiger partial charge >= 0.3 is 23.2 Å². The van der Waals surface area contributed by atoms with Gasteiger partial charge in [-0.25, -0.2) is 14.4 Å². The van der Waals surface area contributed by atoms with E-state index in [4.69, 9.17) is 18.6 Å². The highest BCUT2D eigenvalue weighted by atomic mass is 16.6. The number of ether oxygens (including phenoxy) is 3. The van der Waals surface area contributed by atoms with Crippen LogP contribution in [0.25, 0.3) is 11.0 Å². The van der Waals surface area contributed by atoms with E-state index in [1.807, 2.05) is 0 Å². The number of carboxylic acid groups (broad SMARTS) is 2. The molecule has 0 saturated carbocycles. The van der Waals surface area contributed by atoms with Crippen LogP contribution in [0.1, 0.15) is 36.7 Å². The maximum absolute atomic E-state index is 13.1. The molecule has 1 heterocycles. The third-order valence-corrected chi connectivity index (χ3v) is 5.54. The molecule has 0 aliphatic carbocycles. The first kappa shape index (κ1) is 25.3. The quantitative estimate of drug-likeness (QED) is 0.277. The zero-order valence-electron chi connectivity index (χ0n) is 19.7. The Morgan fingerprint density at radius 1 is 0.857 bits per heavy atom. The second-order valence-corrected chi connectivity index (χ2v) is 8.69. The summed E-state index contributed by atoms with van der Waals surface area (Å²) in [5, 5.41) is 19.7. The van der Waals surface area contributed by atoms with E-state index in [0.717, 1.165) is 0 Å². The molecule has 0 spiro atoms. The summed E-state index contributed by atoms with van der Waals surface area (Å²) in [6, 6.07) is 9.53. The Kier molecular flexibility index (Phi) is 6.60. The number of rotatable bonds is 8. The Hall–Kier alpha value is -4.34. The molecule has 2 N–H and O–H groups in total. The van der Waals surface area contributed by atoms with Gasteiger partial charge in [0, 0.05) is 23.1 Å². The zero-order chi connectivity index (χ0) is 26.1. The van der Waals surface area contributed by atoms with Gasteiger partial charge in [0.1, 0.15) is 28.4 Å². The van der Waals surface area contributed by atoms with Crippen LogP contribution in [0.3, 0.4) is 0 Å². The standard InChI is InChI=1S/C25H24O10/c1-24(2,3)25(22(28)29,23(30)31)35-14-8-6-13(7-9-14)20(26)17-12-16-18(33-5)10-15(32-4)11-19(16)34-21(17)27/h6-12H,1-5H3,(H,28,29)(H,30,31). The summed E-state index contributed by atoms with van der Waals surface area (Å²) in [7, 11) is 2.87. The lowest BCUT2D eigenvalue weighted by molar-refractivity contribution is -0.183. The number of aliphatic carboxylic acids is 2. The van der Waals surface area contributed by atoms with Crippen molar-refractivity contribution in [3.8, 4) is 17.2 Å². The van der Waals surface area contributed by atoms with E-state index in [0.29, 0.717) is 16.9 Å². The van der Waals surface area contributed by atoms with Crippen molar-refractivity contribution in [3.05, 3.63) is 64.0 Å². The van der Waals surface area contributed by atoms with Gasteiger partial charge in [0.15, 0.2) is 5.78 Å². The molecule has 1 aromatic heterocycles. The minimum Gasteiger partial charge on any atom is -0.496 e. The van der Waals surface area contributed by atoms with Crippen molar-refractivity contribution < 1.29 is 43.2 Å². The molecule has 0 amide bonds. The summed E-state index contributed by atoms with van der Waals surface area (Å²) in [6.07, 6.45) is 0. The molecule has 0 saturated heterocycles. The van der Waals surface area contributed by atoms with E-state index in [1.165, 1.54) is 71.4 Å². The minimum absolute atomic E-state index is 0.0727. The van der Waals surface area contributed by atoms with Crippen molar-refractivity contribution in [1.29, 1.82) is 0 Å². The summed E-state index contributed by atoms with van der Waals surface area (Å²) in [5.41, 5.74) is -4.77. The molecule has 10 nitrogen and oxygen atoms in total. The largest absolute Gasteiger partial charge is 0.496 e. The fourth-order valence-corrected chi connectivity index (χ4v) is 3.59. The summed E-state index contributed by atoms with van der Waals surface area (Å²) in [6.45, 7) is 4.28. The molecule has 0 bridgehead atoms. The van der Waals surface area contributed by atoms with E-state index in [2.05, 4.69) is 0 Å². The normalized spacial score (nSPS) is 11.7. The summed E-state index contributed by atoms with van der Waals surface area (Å²) in [5.74, 6) is -3.35. The van der Waals surface area contributed by atoms with Gasteiger partial charge in [-0.15, -0.1) is 0 Å². The number of carboxylic acids is 2. The van der Waals surface area contributed by atoms with Gasteiger partial charge in [0.25, 0.3) is 0 Å². The summed E-state index contributed by atoms with van der Waals surface area (Å²) >= 11 is 0. The monoisotopic (exact) mass is 484 g/mol. The van der Waals surface area contributed by atoms with Crippen LogP contribution in [-0.2, 0) is 9.59 Å². The van der Waals surface area contributed by atoms with Gasteiger partial charge in [-0.05, 0) is 30.3 Å². The number of ketones is 1. The molecule has 0 atom stereocenters. The molecule has 184 valence electrons. The predicted molar refractivity (Wildman–Crippen MR) is 124 cm³/mol. The van der Waals surface area contributed by atoms with Crippen LogP contribution < -0.4 is 19.8 Å². The van der Waals surface area contributed by atoms with Crippen molar-refractivity contribution in [2.24, 2.45) is 5.41 Å². The zero-order valence-corrected chi connectivity index (χ0v) is 19.7. The van der Waals surface area contributed by atoms with Gasteiger partial charge in [-0.2, -0.15) is 0 Å². The molecule has 0 fully saturated rings. The van der Waals surface area contributed by atoms with Crippen molar-refractivity contribution in [2.75, 3.05) is 14.2 Å². The van der Waals surface area contributed by atoms with Gasteiger partial charge < -0.3 is 28.8 Å². The molecule has 3 aromatic rings. The molecule has 0 aliphatic heterocycles. The van der Waals surface area contributed by atoms with Crippen molar-refractivity contribution in [2.45, 2.75) is 26.4 Å². The lowest BCUT2D eigenvalue weighted by Crippen LogP contribution is -2.60. The van der Waals surface area contributed by atoms with Crippen LogP contribution in [0, 0.1) is 5.41 Å². The fraction of sp³-hybridized carbons (Fsp3) is 0.280. The number of methoxy groups -OCH3 is 2. The molecular formula is C25H24O10. The van der Waals surface area contributed by atoms with Crippen LogP contribution in [0.4, 0.5) is 0 Å². The lowest BCUT2D eigenvalue weighted by atomic mass is 9.76. The van der Waals surface area contributed by atoms with E-state index in [1.54, 1.807) is 6.07 Å². The Morgan fingerprint density at radius 2 is 1.46 bits per heavy atom. The van der Waals surface area contributed by atoms with Crippen LogP contribution in [-0.4, -0.2) is 47.8 Å². The van der Waals surface area contributed by atoms with Gasteiger partial charge in [0.05, 0.1) is 19.6 Å². The number of carbonyl (C=O) groups excluding carboxylic acids is 1. The van der Waals surface area contributed by atoms with Gasteiger partial charge in [-0.1, -0.05) is 20.8 Å². The molecule has 2 aromatic carbocycles. The number of benzene rings is 2. The maximum Gasteiger partial charge on any atom is 0.360 e. The molecule has 0 unspecified atom stereocenters. The number of fused-ring (bicyclic) bond motifs is 1. The van der Waals surface area contributed by atoms with E-state index in [9.17, 15) is 29.4 Å². The third kappa shape index (κ3) is 4.42. The Labute approximate surface area is 199 Å². The van der Waals surface area contributed by atoms with Crippen molar-refractivity contribution in [3.63, 3.8) is 0 Å². The Bertz CT molecular complexity index is 1350. The average molecular weight is 484 g/mol. The second kappa shape index (κ2) is 9.13. The van der Waals surface area contributed by atoms with E-state index < -0.39 is 34.4 Å². The smallest absolute Gasteiger partial charge is 0.360 e. The molecule has 35 heavy (non-hydrogen) atoms. The fourth-order valence-electron chi connectivity index (χ4n) is 3.59. The van der Waals surface area contributed by atoms with E-state index >= 15 is 0 Å². The van der Waals surface area contributed by atoms with Crippen LogP contribution in [0.15, 0.2) is 51.7 Å². The van der Waals surface area contributed by atoms with Gasteiger partial charge in [-0.3, -0.25) is 4.79 Å². The highest BCUT2D eigenvalue weighted by Crippen LogP contribution is 2.36. The molecule has 0 aliphatic rings. The minimum atomic E-state index is -2.57. The number of carbonyl (C=O) groups is 3. The van der Waals surface area contributed by atoms with E-state index in [-0.39, 0.29) is 22.5 Å². The van der Waals surface area contributed by atoms with Crippen LogP contribution >= 0.6 is 0 Å². The molecular weight excluding hydrogens is 460 g/mol. The van der Waals surface area contributed by atoms with Crippen LogP contribution in [0.2, 0.25) is 0 Å². The second-order valence-electron chi connectivity index (χ2n) is 8.69. The average Bonchev–Trinajstić information content (AvgIpc) is 2.79. The maximum atomic E-state index is 13.1. The highest BCUT2D eigenvalue weighted by molar-refractivity contribution is 6.10. The Balaban J connectivity index is 2.00. The molecule has 10 heteroatoms. The van der Waals surface area contributed by atoms with Gasteiger partial charge in [0.2, 0.25) is 0 Å². The highest BCUT2D eigenvalue weighted by Gasteiger charge is 2.59.